The number of nitrogens with zero attached hydrogens (tertiary/aromatic N) is 3. The van der Waals surface area contributed by atoms with Gasteiger partial charge in [0.05, 0.1) is 19.3 Å². The summed E-state index contributed by atoms with van der Waals surface area (Å²) in [6.45, 7) is 3.77. The number of carbonyl (C=O) groups is 1. The molecular weight excluding hydrogens is 320 g/mol. The molecule has 0 aliphatic heterocycles. The standard InChI is InChI=1S/C18H20N4O3/c1-12-4-6-14(7-5-12)13(2)19-17(23)11-22-18(24)21-10-15(25-3)8-9-16(21)20-22/h4-10,13H,11H2,1-3H3,(H,19,23)/t13-/m0/s1. The SMILES string of the molecule is COc1ccc2nn(CC(=O)N[C@@H](C)c3ccc(C)cc3)c(=O)n2c1. The van der Waals surface area contributed by atoms with Gasteiger partial charge in [-0.2, -0.15) is 0 Å². The maximum Gasteiger partial charge on any atom is 0.350 e. The topological polar surface area (TPSA) is 77.6 Å². The summed E-state index contributed by atoms with van der Waals surface area (Å²) in [5, 5.41) is 7.06. The summed E-state index contributed by atoms with van der Waals surface area (Å²) in [6, 6.07) is 11.2. The fourth-order valence-electron chi connectivity index (χ4n) is 2.58. The van der Waals surface area contributed by atoms with Crippen LogP contribution < -0.4 is 15.7 Å². The number of aryl methyl sites for hydroxylation is 1. The first kappa shape index (κ1) is 16.8. The van der Waals surface area contributed by atoms with Gasteiger partial charge in [-0.15, -0.1) is 5.10 Å². The number of fused-ring (bicyclic) bond motifs is 1. The molecule has 25 heavy (non-hydrogen) atoms. The minimum Gasteiger partial charge on any atom is -0.495 e. The van der Waals surface area contributed by atoms with Gasteiger partial charge in [0.2, 0.25) is 5.91 Å². The van der Waals surface area contributed by atoms with Crippen LogP contribution in [0.1, 0.15) is 24.1 Å². The molecule has 1 N–H and O–H groups in total. The molecule has 7 heteroatoms. The van der Waals surface area contributed by atoms with Gasteiger partial charge in [-0.1, -0.05) is 29.8 Å². The predicted molar refractivity (Wildman–Crippen MR) is 93.7 cm³/mol. The minimum absolute atomic E-state index is 0.140. The van der Waals surface area contributed by atoms with E-state index in [1.165, 1.54) is 11.5 Å². The summed E-state index contributed by atoms with van der Waals surface area (Å²) < 4.78 is 7.60. The lowest BCUT2D eigenvalue weighted by Crippen LogP contribution is -2.34. The van der Waals surface area contributed by atoms with Crippen molar-refractivity contribution in [1.82, 2.24) is 19.5 Å². The second-order valence-electron chi connectivity index (χ2n) is 5.94. The van der Waals surface area contributed by atoms with E-state index < -0.39 is 0 Å². The molecule has 0 aliphatic rings. The molecule has 0 bridgehead atoms. The zero-order chi connectivity index (χ0) is 18.0. The molecule has 2 heterocycles. The number of ether oxygens (including phenoxy) is 1. The number of amides is 1. The molecule has 0 unspecified atom stereocenters. The third-order valence-electron chi connectivity index (χ3n) is 4.03. The van der Waals surface area contributed by atoms with E-state index in [0.29, 0.717) is 11.4 Å². The van der Waals surface area contributed by atoms with Gasteiger partial charge in [-0.3, -0.25) is 4.79 Å². The van der Waals surface area contributed by atoms with Crippen molar-refractivity contribution in [3.63, 3.8) is 0 Å². The lowest BCUT2D eigenvalue weighted by molar-refractivity contribution is -0.122. The number of benzene rings is 1. The largest absolute Gasteiger partial charge is 0.495 e. The first-order chi connectivity index (χ1) is 12.0. The van der Waals surface area contributed by atoms with Crippen LogP contribution in [0.3, 0.4) is 0 Å². The average molecular weight is 340 g/mol. The molecule has 7 nitrogen and oxygen atoms in total. The Balaban J connectivity index is 1.74. The third kappa shape index (κ3) is 3.55. The summed E-state index contributed by atoms with van der Waals surface area (Å²) in [5.74, 6) is 0.275. The van der Waals surface area contributed by atoms with E-state index in [1.54, 1.807) is 18.3 Å². The summed E-state index contributed by atoms with van der Waals surface area (Å²) in [5.41, 5.74) is 2.25. The first-order valence-electron chi connectivity index (χ1n) is 7.97. The van der Waals surface area contributed by atoms with Crippen LogP contribution in [0, 0.1) is 6.92 Å². The quantitative estimate of drug-likeness (QED) is 0.767. The summed E-state index contributed by atoms with van der Waals surface area (Å²) >= 11 is 0. The van der Waals surface area contributed by atoms with Crippen molar-refractivity contribution in [3.8, 4) is 5.75 Å². The van der Waals surface area contributed by atoms with Gasteiger partial charge in [-0.25, -0.2) is 13.9 Å². The maximum atomic E-state index is 12.4. The van der Waals surface area contributed by atoms with E-state index >= 15 is 0 Å². The Bertz CT molecular complexity index is 957. The van der Waals surface area contributed by atoms with Gasteiger partial charge in [0, 0.05) is 0 Å². The van der Waals surface area contributed by atoms with Crippen molar-refractivity contribution in [1.29, 1.82) is 0 Å². The third-order valence-corrected chi connectivity index (χ3v) is 4.03. The number of hydrogen-bond donors (Lipinski definition) is 1. The number of aromatic nitrogens is 3. The number of carbonyl (C=O) groups excluding carboxylic acids is 1. The second kappa shape index (κ2) is 6.80. The van der Waals surface area contributed by atoms with E-state index in [2.05, 4.69) is 10.4 Å². The summed E-state index contributed by atoms with van der Waals surface area (Å²) in [4.78, 5) is 24.6. The average Bonchev–Trinajstić information content (AvgIpc) is 2.90. The van der Waals surface area contributed by atoms with Gasteiger partial charge in [-0.05, 0) is 31.5 Å². The molecular formula is C18H20N4O3. The lowest BCUT2D eigenvalue weighted by atomic mass is 10.1. The predicted octanol–water partition coefficient (Wildman–Crippen LogP) is 1.69. The van der Waals surface area contributed by atoms with Gasteiger partial charge in [0.15, 0.2) is 5.65 Å². The van der Waals surface area contributed by atoms with Crippen molar-refractivity contribution >= 4 is 11.6 Å². The number of rotatable bonds is 5. The van der Waals surface area contributed by atoms with Crippen LogP contribution in [0.4, 0.5) is 0 Å². The molecule has 2 aromatic heterocycles. The molecule has 0 fully saturated rings. The Kier molecular flexibility index (Phi) is 4.56. The van der Waals surface area contributed by atoms with Crippen LogP contribution in [0.25, 0.3) is 5.65 Å². The molecule has 0 radical (unpaired) electrons. The van der Waals surface area contributed by atoms with Crippen LogP contribution in [-0.2, 0) is 11.3 Å². The van der Waals surface area contributed by atoms with E-state index in [-0.39, 0.29) is 24.2 Å². The lowest BCUT2D eigenvalue weighted by Gasteiger charge is -2.14. The Hall–Kier alpha value is -3.09. The molecule has 3 rings (SSSR count). The fourth-order valence-corrected chi connectivity index (χ4v) is 2.58. The zero-order valence-corrected chi connectivity index (χ0v) is 14.4. The van der Waals surface area contributed by atoms with Gasteiger partial charge < -0.3 is 10.1 Å². The molecule has 0 aliphatic carbocycles. The molecule has 1 atom stereocenters. The molecule has 1 amide bonds. The highest BCUT2D eigenvalue weighted by molar-refractivity contribution is 5.76. The monoisotopic (exact) mass is 340 g/mol. The Morgan fingerprint density at radius 2 is 1.96 bits per heavy atom. The molecule has 0 saturated carbocycles. The van der Waals surface area contributed by atoms with Gasteiger partial charge in [0.1, 0.15) is 12.3 Å². The Morgan fingerprint density at radius 3 is 2.64 bits per heavy atom. The van der Waals surface area contributed by atoms with Crippen molar-refractivity contribution in [2.45, 2.75) is 26.4 Å². The molecule has 1 aromatic carbocycles. The number of pyridine rings is 1. The second-order valence-corrected chi connectivity index (χ2v) is 5.94. The minimum atomic E-state index is -0.382. The first-order valence-corrected chi connectivity index (χ1v) is 7.97. The van der Waals surface area contributed by atoms with Crippen molar-refractivity contribution in [3.05, 3.63) is 64.2 Å². The molecule has 3 aromatic rings. The number of nitrogens with one attached hydrogen (secondary N) is 1. The summed E-state index contributed by atoms with van der Waals surface area (Å²) in [6.07, 6.45) is 1.55. The van der Waals surface area contributed by atoms with Crippen LogP contribution in [-0.4, -0.2) is 27.2 Å². The number of methoxy groups -OCH3 is 1. The van der Waals surface area contributed by atoms with Crippen molar-refractivity contribution < 1.29 is 9.53 Å². The fraction of sp³-hybridized carbons (Fsp3) is 0.278. The molecule has 0 saturated heterocycles. The van der Waals surface area contributed by atoms with E-state index in [0.717, 1.165) is 15.8 Å². The molecule has 0 spiro atoms. The number of hydrogen-bond acceptors (Lipinski definition) is 4. The maximum absolute atomic E-state index is 12.4. The highest BCUT2D eigenvalue weighted by Crippen LogP contribution is 2.13. The van der Waals surface area contributed by atoms with Crippen LogP contribution in [0.5, 0.6) is 5.75 Å². The van der Waals surface area contributed by atoms with Gasteiger partial charge >= 0.3 is 5.69 Å². The smallest absolute Gasteiger partial charge is 0.350 e. The Labute approximate surface area is 144 Å². The highest BCUT2D eigenvalue weighted by Gasteiger charge is 2.14. The Morgan fingerprint density at radius 1 is 1.24 bits per heavy atom. The van der Waals surface area contributed by atoms with Crippen LogP contribution in [0.15, 0.2) is 47.4 Å². The van der Waals surface area contributed by atoms with Crippen LogP contribution >= 0.6 is 0 Å². The van der Waals surface area contributed by atoms with Crippen molar-refractivity contribution in [2.24, 2.45) is 0 Å². The van der Waals surface area contributed by atoms with Crippen LogP contribution in [0.2, 0.25) is 0 Å². The van der Waals surface area contributed by atoms with E-state index in [1.807, 2.05) is 38.1 Å². The van der Waals surface area contributed by atoms with Crippen molar-refractivity contribution in [2.75, 3.05) is 7.11 Å². The molecule has 130 valence electrons. The van der Waals surface area contributed by atoms with Gasteiger partial charge in [0.25, 0.3) is 0 Å². The zero-order valence-electron chi connectivity index (χ0n) is 14.4. The highest BCUT2D eigenvalue weighted by atomic mass is 16.5. The van der Waals surface area contributed by atoms with E-state index in [9.17, 15) is 9.59 Å². The van der Waals surface area contributed by atoms with E-state index in [4.69, 9.17) is 4.74 Å². The normalized spacial score (nSPS) is 12.1. The summed E-state index contributed by atoms with van der Waals surface area (Å²) in [7, 11) is 1.52.